The van der Waals surface area contributed by atoms with Crippen molar-refractivity contribution in [2.45, 2.75) is 71.1 Å². The van der Waals surface area contributed by atoms with Crippen molar-refractivity contribution < 1.29 is 4.74 Å². The second kappa shape index (κ2) is 16.2. The molecular weight excluding hydrogens is 222 g/mol. The summed E-state index contributed by atoms with van der Waals surface area (Å²) in [7, 11) is 0. The quantitative estimate of drug-likeness (QED) is 0.341. The van der Waals surface area contributed by atoms with E-state index in [0.29, 0.717) is 13.0 Å². The third-order valence-electron chi connectivity index (χ3n) is 2.91. The summed E-state index contributed by atoms with van der Waals surface area (Å²) in [5, 5.41) is 8.32. The highest BCUT2D eigenvalue weighted by Gasteiger charge is 1.90. The van der Waals surface area contributed by atoms with Crippen LogP contribution < -0.4 is 0 Å². The minimum absolute atomic E-state index is 0.515. The van der Waals surface area contributed by atoms with Gasteiger partial charge in [-0.05, 0) is 32.1 Å². The zero-order valence-corrected chi connectivity index (χ0v) is 12.0. The first kappa shape index (κ1) is 17.2. The number of ether oxygens (including phenoxy) is 1. The molecule has 2 heteroatoms. The maximum Gasteiger partial charge on any atom is 0.0645 e. The van der Waals surface area contributed by atoms with E-state index < -0.39 is 0 Å². The van der Waals surface area contributed by atoms with Gasteiger partial charge < -0.3 is 4.74 Å². The van der Waals surface area contributed by atoms with Crippen LogP contribution in [0.15, 0.2) is 12.2 Å². The van der Waals surface area contributed by atoms with E-state index in [-0.39, 0.29) is 0 Å². The summed E-state index contributed by atoms with van der Waals surface area (Å²) in [5.41, 5.74) is 0. The van der Waals surface area contributed by atoms with E-state index in [2.05, 4.69) is 25.1 Å². The van der Waals surface area contributed by atoms with Crippen LogP contribution in [0, 0.1) is 11.3 Å². The first-order valence-corrected chi connectivity index (χ1v) is 7.51. The zero-order valence-electron chi connectivity index (χ0n) is 12.0. The van der Waals surface area contributed by atoms with Crippen molar-refractivity contribution in [3.8, 4) is 6.07 Å². The van der Waals surface area contributed by atoms with Gasteiger partial charge in [0.15, 0.2) is 0 Å². The lowest BCUT2D eigenvalue weighted by molar-refractivity contribution is 0.135. The van der Waals surface area contributed by atoms with Crippen molar-refractivity contribution in [1.29, 1.82) is 5.26 Å². The maximum atomic E-state index is 8.32. The van der Waals surface area contributed by atoms with Crippen LogP contribution in [0.1, 0.15) is 71.1 Å². The fourth-order valence-electron chi connectivity index (χ4n) is 1.79. The number of rotatable bonds is 13. The molecule has 0 aromatic rings. The molecule has 0 saturated carbocycles. The Morgan fingerprint density at radius 2 is 1.56 bits per heavy atom. The molecule has 0 bridgehead atoms. The molecule has 0 unspecified atom stereocenters. The van der Waals surface area contributed by atoms with Gasteiger partial charge in [0.05, 0.1) is 19.1 Å². The number of unbranched alkanes of at least 4 members (excludes halogenated alkanes) is 7. The standard InChI is InChI=1S/C16H29NO/c1-2-3-4-5-6-7-8-9-10-11-12-15-18-16-13-14-17/h7-8H,2-6,9-13,15-16H2,1H3/b8-7+. The largest absolute Gasteiger partial charge is 0.380 e. The van der Waals surface area contributed by atoms with Crippen molar-refractivity contribution in [2.75, 3.05) is 13.2 Å². The van der Waals surface area contributed by atoms with Crippen LogP contribution >= 0.6 is 0 Å². The molecule has 0 radical (unpaired) electrons. The van der Waals surface area contributed by atoms with Gasteiger partial charge in [0, 0.05) is 6.61 Å². The molecule has 0 aliphatic rings. The van der Waals surface area contributed by atoms with E-state index in [1.165, 1.54) is 51.4 Å². The molecule has 0 spiro atoms. The van der Waals surface area contributed by atoms with Gasteiger partial charge in [-0.25, -0.2) is 0 Å². The summed E-state index contributed by atoms with van der Waals surface area (Å²) in [6.07, 6.45) is 16.6. The number of nitriles is 1. The highest BCUT2D eigenvalue weighted by Crippen LogP contribution is 2.05. The van der Waals surface area contributed by atoms with Crippen LogP contribution in [0.4, 0.5) is 0 Å². The van der Waals surface area contributed by atoms with E-state index in [9.17, 15) is 0 Å². The Bertz CT molecular complexity index is 218. The molecule has 0 aromatic carbocycles. The molecule has 2 nitrogen and oxygen atoms in total. The molecule has 0 N–H and O–H groups in total. The molecule has 0 aliphatic heterocycles. The first-order valence-electron chi connectivity index (χ1n) is 7.51. The van der Waals surface area contributed by atoms with Crippen molar-refractivity contribution >= 4 is 0 Å². The van der Waals surface area contributed by atoms with Crippen LogP contribution in [0.5, 0.6) is 0 Å². The highest BCUT2D eigenvalue weighted by atomic mass is 16.5. The van der Waals surface area contributed by atoms with Gasteiger partial charge in [-0.15, -0.1) is 0 Å². The molecule has 0 fully saturated rings. The summed E-state index contributed by atoms with van der Waals surface area (Å²) in [4.78, 5) is 0. The van der Waals surface area contributed by atoms with E-state index in [0.717, 1.165) is 13.0 Å². The van der Waals surface area contributed by atoms with Crippen LogP contribution in [0.25, 0.3) is 0 Å². The Labute approximate surface area is 113 Å². The molecule has 0 saturated heterocycles. The Morgan fingerprint density at radius 1 is 0.889 bits per heavy atom. The maximum absolute atomic E-state index is 8.32. The van der Waals surface area contributed by atoms with Crippen LogP contribution in [-0.2, 0) is 4.74 Å². The predicted octanol–water partition coefficient (Wildman–Crippen LogP) is 5.00. The number of hydrogen-bond donors (Lipinski definition) is 0. The predicted molar refractivity (Wildman–Crippen MR) is 77.4 cm³/mol. The fraction of sp³-hybridized carbons (Fsp3) is 0.812. The zero-order chi connectivity index (χ0) is 13.3. The number of nitrogens with zero attached hydrogens (tertiary/aromatic N) is 1. The highest BCUT2D eigenvalue weighted by molar-refractivity contribution is 4.81. The van der Waals surface area contributed by atoms with Gasteiger partial charge in [0.25, 0.3) is 0 Å². The molecule has 0 aromatic heterocycles. The molecule has 0 heterocycles. The Kier molecular flexibility index (Phi) is 15.5. The minimum Gasteiger partial charge on any atom is -0.380 e. The van der Waals surface area contributed by atoms with E-state index in [1.807, 2.05) is 0 Å². The molecule has 0 rings (SSSR count). The Morgan fingerprint density at radius 3 is 2.17 bits per heavy atom. The molecule has 0 atom stereocenters. The van der Waals surface area contributed by atoms with Crippen LogP contribution in [0.3, 0.4) is 0 Å². The third kappa shape index (κ3) is 15.2. The molecule has 104 valence electrons. The summed E-state index contributed by atoms with van der Waals surface area (Å²) < 4.78 is 5.32. The van der Waals surface area contributed by atoms with Crippen molar-refractivity contribution in [3.05, 3.63) is 12.2 Å². The minimum atomic E-state index is 0.515. The third-order valence-corrected chi connectivity index (χ3v) is 2.91. The monoisotopic (exact) mass is 251 g/mol. The molecule has 0 amide bonds. The second-order valence-corrected chi connectivity index (χ2v) is 4.69. The van der Waals surface area contributed by atoms with Gasteiger partial charge >= 0.3 is 0 Å². The first-order chi connectivity index (χ1) is 8.91. The van der Waals surface area contributed by atoms with Crippen molar-refractivity contribution in [1.82, 2.24) is 0 Å². The van der Waals surface area contributed by atoms with Gasteiger partial charge in [0.1, 0.15) is 0 Å². The van der Waals surface area contributed by atoms with Crippen LogP contribution in [-0.4, -0.2) is 13.2 Å². The lowest BCUT2D eigenvalue weighted by Gasteiger charge is -2.00. The van der Waals surface area contributed by atoms with Crippen molar-refractivity contribution in [2.24, 2.45) is 0 Å². The Balaban J connectivity index is 3.02. The SMILES string of the molecule is CCCCCC/C=C/CCCCCOCCC#N. The summed E-state index contributed by atoms with van der Waals surface area (Å²) in [6.45, 7) is 3.65. The summed E-state index contributed by atoms with van der Waals surface area (Å²) in [6, 6.07) is 2.08. The summed E-state index contributed by atoms with van der Waals surface area (Å²) in [5.74, 6) is 0. The number of allylic oxidation sites excluding steroid dienone is 2. The second-order valence-electron chi connectivity index (χ2n) is 4.69. The normalized spacial score (nSPS) is 10.9. The van der Waals surface area contributed by atoms with E-state index in [1.54, 1.807) is 0 Å². The molecule has 0 aliphatic carbocycles. The van der Waals surface area contributed by atoms with E-state index >= 15 is 0 Å². The smallest absolute Gasteiger partial charge is 0.0645 e. The van der Waals surface area contributed by atoms with Gasteiger partial charge in [-0.3, -0.25) is 0 Å². The molecule has 18 heavy (non-hydrogen) atoms. The van der Waals surface area contributed by atoms with Gasteiger partial charge in [-0.1, -0.05) is 44.8 Å². The fourth-order valence-corrected chi connectivity index (χ4v) is 1.79. The number of hydrogen-bond acceptors (Lipinski definition) is 2. The average molecular weight is 251 g/mol. The molecular formula is C16H29NO. The average Bonchev–Trinajstić information content (AvgIpc) is 2.39. The van der Waals surface area contributed by atoms with Crippen LogP contribution in [0.2, 0.25) is 0 Å². The van der Waals surface area contributed by atoms with Gasteiger partial charge in [0.2, 0.25) is 0 Å². The van der Waals surface area contributed by atoms with Crippen molar-refractivity contribution in [3.63, 3.8) is 0 Å². The lowest BCUT2D eigenvalue weighted by Crippen LogP contribution is -1.95. The topological polar surface area (TPSA) is 33.0 Å². The van der Waals surface area contributed by atoms with E-state index in [4.69, 9.17) is 10.00 Å². The Hall–Kier alpha value is -0.810. The van der Waals surface area contributed by atoms with Gasteiger partial charge in [-0.2, -0.15) is 5.26 Å². The lowest BCUT2D eigenvalue weighted by atomic mass is 10.1. The summed E-state index contributed by atoms with van der Waals surface area (Å²) >= 11 is 0.